The molecule has 0 aliphatic heterocycles. The molecule has 0 spiro atoms. The van der Waals surface area contributed by atoms with E-state index in [0.717, 1.165) is 11.4 Å². The van der Waals surface area contributed by atoms with Gasteiger partial charge in [-0.15, -0.1) is 0 Å². The SMILES string of the molecule is CCN(CC)C(=O)c1ccn(Cn2nc(C)c(Cl)c2C)n1. The van der Waals surface area contributed by atoms with Gasteiger partial charge < -0.3 is 4.90 Å². The quantitative estimate of drug-likeness (QED) is 0.852. The van der Waals surface area contributed by atoms with Gasteiger partial charge in [-0.25, -0.2) is 4.68 Å². The van der Waals surface area contributed by atoms with Crippen LogP contribution in [0.25, 0.3) is 0 Å². The van der Waals surface area contributed by atoms with Crippen LogP contribution < -0.4 is 0 Å². The molecule has 0 N–H and O–H groups in total. The predicted molar refractivity (Wildman–Crippen MR) is 81.6 cm³/mol. The van der Waals surface area contributed by atoms with Crippen molar-refractivity contribution in [1.29, 1.82) is 0 Å². The molecule has 0 bridgehead atoms. The molecule has 6 nitrogen and oxygen atoms in total. The van der Waals surface area contributed by atoms with Gasteiger partial charge >= 0.3 is 0 Å². The Hall–Kier alpha value is -1.82. The highest BCUT2D eigenvalue weighted by molar-refractivity contribution is 6.31. The highest BCUT2D eigenvalue weighted by Crippen LogP contribution is 2.18. The van der Waals surface area contributed by atoms with Crippen molar-refractivity contribution in [1.82, 2.24) is 24.5 Å². The Morgan fingerprint density at radius 1 is 1.29 bits per heavy atom. The number of hydrogen-bond acceptors (Lipinski definition) is 3. The van der Waals surface area contributed by atoms with Crippen LogP contribution in [0.1, 0.15) is 35.7 Å². The van der Waals surface area contributed by atoms with Gasteiger partial charge in [0.1, 0.15) is 12.4 Å². The predicted octanol–water partition coefficient (Wildman–Crippen LogP) is 2.34. The number of rotatable bonds is 5. The smallest absolute Gasteiger partial charge is 0.274 e. The summed E-state index contributed by atoms with van der Waals surface area (Å²) in [4.78, 5) is 13.9. The third-order valence-corrected chi connectivity index (χ3v) is 4.03. The van der Waals surface area contributed by atoms with Crippen molar-refractivity contribution in [2.45, 2.75) is 34.4 Å². The maximum absolute atomic E-state index is 12.2. The Balaban J connectivity index is 2.17. The van der Waals surface area contributed by atoms with Crippen LogP contribution >= 0.6 is 11.6 Å². The van der Waals surface area contributed by atoms with Crippen LogP contribution in [-0.4, -0.2) is 43.5 Å². The van der Waals surface area contributed by atoms with Gasteiger partial charge in [0.2, 0.25) is 0 Å². The van der Waals surface area contributed by atoms with Crippen LogP contribution in [0, 0.1) is 13.8 Å². The summed E-state index contributed by atoms with van der Waals surface area (Å²) >= 11 is 6.13. The highest BCUT2D eigenvalue weighted by Gasteiger charge is 2.16. The molecule has 0 radical (unpaired) electrons. The van der Waals surface area contributed by atoms with E-state index in [2.05, 4.69) is 10.2 Å². The molecule has 0 atom stereocenters. The molecule has 7 heteroatoms. The molecule has 0 saturated carbocycles. The summed E-state index contributed by atoms with van der Waals surface area (Å²) in [6.07, 6.45) is 1.78. The summed E-state index contributed by atoms with van der Waals surface area (Å²) < 4.78 is 3.46. The average molecular weight is 310 g/mol. The summed E-state index contributed by atoms with van der Waals surface area (Å²) in [6, 6.07) is 1.73. The number of halogens is 1. The Bertz CT molecular complexity index is 642. The van der Waals surface area contributed by atoms with E-state index in [-0.39, 0.29) is 5.91 Å². The number of nitrogens with zero attached hydrogens (tertiary/aromatic N) is 5. The van der Waals surface area contributed by atoms with Gasteiger partial charge in [-0.2, -0.15) is 10.2 Å². The van der Waals surface area contributed by atoms with E-state index in [9.17, 15) is 4.79 Å². The van der Waals surface area contributed by atoms with Gasteiger partial charge in [-0.1, -0.05) is 11.6 Å². The van der Waals surface area contributed by atoms with Crippen molar-refractivity contribution in [2.75, 3.05) is 13.1 Å². The summed E-state index contributed by atoms with van der Waals surface area (Å²) in [5, 5.41) is 9.35. The van der Waals surface area contributed by atoms with Gasteiger partial charge in [0.25, 0.3) is 5.91 Å². The second kappa shape index (κ2) is 6.30. The van der Waals surface area contributed by atoms with E-state index in [0.29, 0.717) is 30.5 Å². The monoisotopic (exact) mass is 309 g/mol. The van der Waals surface area contributed by atoms with Crippen LogP contribution in [0.15, 0.2) is 12.3 Å². The molecule has 2 aromatic rings. The molecule has 21 heavy (non-hydrogen) atoms. The minimum absolute atomic E-state index is 0.0508. The maximum Gasteiger partial charge on any atom is 0.274 e. The second-order valence-corrected chi connectivity index (χ2v) is 5.22. The molecule has 0 aliphatic carbocycles. The molecule has 2 heterocycles. The molecule has 1 amide bonds. The first-order valence-corrected chi connectivity index (χ1v) is 7.37. The zero-order valence-electron chi connectivity index (χ0n) is 12.8. The molecular weight excluding hydrogens is 290 g/mol. The summed E-state index contributed by atoms with van der Waals surface area (Å²) in [5.41, 5.74) is 2.13. The van der Waals surface area contributed by atoms with Crippen molar-refractivity contribution in [3.05, 3.63) is 34.4 Å². The lowest BCUT2D eigenvalue weighted by molar-refractivity contribution is 0.0766. The first-order chi connectivity index (χ1) is 9.97. The van der Waals surface area contributed by atoms with Gasteiger partial charge in [0.05, 0.1) is 16.4 Å². The lowest BCUT2D eigenvalue weighted by Gasteiger charge is -2.16. The summed E-state index contributed by atoms with van der Waals surface area (Å²) in [5.74, 6) is -0.0508. The lowest BCUT2D eigenvalue weighted by Crippen LogP contribution is -2.31. The van der Waals surface area contributed by atoms with E-state index < -0.39 is 0 Å². The molecule has 0 saturated heterocycles. The van der Waals surface area contributed by atoms with Crippen molar-refractivity contribution in [3.8, 4) is 0 Å². The normalized spacial score (nSPS) is 10.9. The van der Waals surface area contributed by atoms with Gasteiger partial charge in [0.15, 0.2) is 0 Å². The number of carbonyl (C=O) groups is 1. The van der Waals surface area contributed by atoms with Crippen molar-refractivity contribution in [2.24, 2.45) is 0 Å². The fourth-order valence-electron chi connectivity index (χ4n) is 2.18. The van der Waals surface area contributed by atoms with Crippen molar-refractivity contribution in [3.63, 3.8) is 0 Å². The van der Waals surface area contributed by atoms with Crippen LogP contribution in [0.2, 0.25) is 5.02 Å². The van der Waals surface area contributed by atoms with Crippen LogP contribution in [-0.2, 0) is 6.67 Å². The molecule has 0 unspecified atom stereocenters. The van der Waals surface area contributed by atoms with Gasteiger partial charge in [-0.05, 0) is 33.8 Å². The Labute approximate surface area is 129 Å². The topological polar surface area (TPSA) is 56.0 Å². The Morgan fingerprint density at radius 3 is 2.48 bits per heavy atom. The van der Waals surface area contributed by atoms with Gasteiger partial charge in [-0.3, -0.25) is 9.48 Å². The molecule has 2 aromatic heterocycles. The number of aromatic nitrogens is 4. The van der Waals surface area contributed by atoms with E-state index in [1.807, 2.05) is 27.7 Å². The standard InChI is InChI=1S/C14H20ClN5O/c1-5-18(6-2)14(21)12-7-8-19(17-12)9-20-11(4)13(15)10(3)16-20/h7-8H,5-6,9H2,1-4H3. The maximum atomic E-state index is 12.2. The zero-order chi connectivity index (χ0) is 15.6. The molecule has 114 valence electrons. The number of carbonyl (C=O) groups excluding carboxylic acids is 1. The minimum Gasteiger partial charge on any atom is -0.338 e. The first kappa shape index (κ1) is 15.6. The largest absolute Gasteiger partial charge is 0.338 e. The number of aryl methyl sites for hydroxylation is 1. The number of amides is 1. The zero-order valence-corrected chi connectivity index (χ0v) is 13.6. The van der Waals surface area contributed by atoms with E-state index in [4.69, 9.17) is 11.6 Å². The van der Waals surface area contributed by atoms with E-state index >= 15 is 0 Å². The minimum atomic E-state index is -0.0508. The summed E-state index contributed by atoms with van der Waals surface area (Å²) in [7, 11) is 0. The first-order valence-electron chi connectivity index (χ1n) is 7.00. The number of hydrogen-bond donors (Lipinski definition) is 0. The van der Waals surface area contributed by atoms with Crippen LogP contribution in [0.5, 0.6) is 0 Å². The third-order valence-electron chi connectivity index (χ3n) is 3.48. The average Bonchev–Trinajstić information content (AvgIpc) is 3.02. The molecular formula is C14H20ClN5O. The van der Waals surface area contributed by atoms with Gasteiger partial charge in [0, 0.05) is 19.3 Å². The van der Waals surface area contributed by atoms with E-state index in [1.54, 1.807) is 26.5 Å². The third kappa shape index (κ3) is 3.10. The molecule has 2 rings (SSSR count). The second-order valence-electron chi connectivity index (χ2n) is 4.84. The Morgan fingerprint density at radius 2 is 1.95 bits per heavy atom. The highest BCUT2D eigenvalue weighted by atomic mass is 35.5. The molecule has 0 aromatic carbocycles. The van der Waals surface area contributed by atoms with Crippen molar-refractivity contribution < 1.29 is 4.79 Å². The van der Waals surface area contributed by atoms with Crippen molar-refractivity contribution >= 4 is 17.5 Å². The van der Waals surface area contributed by atoms with Crippen LogP contribution in [0.3, 0.4) is 0 Å². The molecule has 0 fully saturated rings. The fraction of sp³-hybridized carbons (Fsp3) is 0.500. The lowest BCUT2D eigenvalue weighted by atomic mass is 10.3. The summed E-state index contributed by atoms with van der Waals surface area (Å²) in [6.45, 7) is 9.47. The molecule has 0 aliphatic rings. The van der Waals surface area contributed by atoms with Crippen LogP contribution in [0.4, 0.5) is 0 Å². The Kier molecular flexibility index (Phi) is 4.67. The van der Waals surface area contributed by atoms with E-state index in [1.165, 1.54) is 0 Å². The fourth-order valence-corrected chi connectivity index (χ4v) is 2.31.